The van der Waals surface area contributed by atoms with Gasteiger partial charge in [0, 0.05) is 30.6 Å². The molecular formula is C27H20F3N5O3. The second kappa shape index (κ2) is 9.92. The van der Waals surface area contributed by atoms with Crippen molar-refractivity contribution in [2.45, 2.75) is 19.1 Å². The van der Waals surface area contributed by atoms with E-state index in [2.05, 4.69) is 33.6 Å². The van der Waals surface area contributed by atoms with Crippen LogP contribution in [0.3, 0.4) is 0 Å². The topological polar surface area (TPSA) is 112 Å². The van der Waals surface area contributed by atoms with E-state index in [-0.39, 0.29) is 5.91 Å². The summed E-state index contributed by atoms with van der Waals surface area (Å²) in [6, 6.07) is 24.2. The van der Waals surface area contributed by atoms with Gasteiger partial charge in [0.2, 0.25) is 0 Å². The van der Waals surface area contributed by atoms with Crippen molar-refractivity contribution in [3.8, 4) is 11.1 Å². The lowest BCUT2D eigenvalue weighted by Crippen LogP contribution is -2.26. The molecule has 0 unspecified atom stereocenters. The number of aliphatic carboxylic acids is 1. The van der Waals surface area contributed by atoms with Gasteiger partial charge in [-0.1, -0.05) is 53.7 Å². The first kappa shape index (κ1) is 24.9. The molecule has 1 aliphatic rings. The maximum absolute atomic E-state index is 13.3. The summed E-state index contributed by atoms with van der Waals surface area (Å²) >= 11 is 0. The van der Waals surface area contributed by atoms with E-state index in [4.69, 9.17) is 14.9 Å². The average molecular weight is 519 g/mol. The highest BCUT2D eigenvalue weighted by atomic mass is 19.4. The van der Waals surface area contributed by atoms with Gasteiger partial charge >= 0.3 is 12.1 Å². The van der Waals surface area contributed by atoms with E-state index in [9.17, 15) is 18.0 Å². The van der Waals surface area contributed by atoms with Gasteiger partial charge in [-0.2, -0.15) is 13.2 Å². The molecule has 2 N–H and O–H groups in total. The molecule has 5 aromatic rings. The van der Waals surface area contributed by atoms with Crippen molar-refractivity contribution >= 4 is 33.8 Å². The summed E-state index contributed by atoms with van der Waals surface area (Å²) in [6.45, 7) is 1.27. The number of nitrogens with zero attached hydrogens (tertiary/aromatic N) is 4. The van der Waals surface area contributed by atoms with E-state index >= 15 is 0 Å². The largest absolute Gasteiger partial charge is 0.490 e. The molecule has 0 bridgehead atoms. The lowest BCUT2D eigenvalue weighted by Gasteiger charge is -2.15. The van der Waals surface area contributed by atoms with Crippen molar-refractivity contribution in [2.75, 3.05) is 6.54 Å². The quantitative estimate of drug-likeness (QED) is 0.346. The summed E-state index contributed by atoms with van der Waals surface area (Å²) in [5, 5.41) is 19.0. The number of para-hydroxylation sites is 1. The normalized spacial score (nSPS) is 12.9. The zero-order chi connectivity index (χ0) is 26.9. The number of fused-ring (bicyclic) bond motifs is 3. The Bertz CT molecular complexity index is 1670. The zero-order valence-corrected chi connectivity index (χ0v) is 19.7. The molecule has 0 saturated carbocycles. The molecule has 3 aromatic carbocycles. The molecule has 0 saturated heterocycles. The molecular weight excluding hydrogens is 499 g/mol. The number of hydrogen-bond donors (Lipinski definition) is 2. The number of benzene rings is 3. The highest BCUT2D eigenvalue weighted by molar-refractivity contribution is 6.05. The molecule has 6 rings (SSSR count). The summed E-state index contributed by atoms with van der Waals surface area (Å²) in [4.78, 5) is 28.9. The second-order valence-corrected chi connectivity index (χ2v) is 8.66. The lowest BCUT2D eigenvalue weighted by atomic mass is 9.96. The number of carboxylic acid groups (broad SMARTS) is 1. The van der Waals surface area contributed by atoms with Crippen molar-refractivity contribution in [3.63, 3.8) is 0 Å². The first-order chi connectivity index (χ1) is 18.2. The fourth-order valence-electron chi connectivity index (χ4n) is 4.35. The van der Waals surface area contributed by atoms with Gasteiger partial charge in [0.05, 0.1) is 16.6 Å². The van der Waals surface area contributed by atoms with Gasteiger partial charge < -0.3 is 10.0 Å². The number of carbonyl (C=O) groups excluding carboxylic acids is 1. The maximum atomic E-state index is 13.3. The van der Waals surface area contributed by atoms with Crippen LogP contribution in [0.5, 0.6) is 0 Å². The van der Waals surface area contributed by atoms with Crippen LogP contribution >= 0.6 is 0 Å². The van der Waals surface area contributed by atoms with Crippen LogP contribution < -0.4 is 0 Å². The number of amides is 1. The second-order valence-electron chi connectivity index (χ2n) is 8.66. The number of rotatable bonds is 4. The molecule has 0 fully saturated rings. The number of nitrogens with one attached hydrogen (secondary N) is 1. The van der Waals surface area contributed by atoms with Gasteiger partial charge in [0.25, 0.3) is 5.91 Å². The summed E-state index contributed by atoms with van der Waals surface area (Å²) in [5.74, 6) is -2.68. The number of pyridine rings is 1. The monoisotopic (exact) mass is 519 g/mol. The van der Waals surface area contributed by atoms with Gasteiger partial charge in [-0.25, -0.2) is 4.79 Å². The zero-order valence-electron chi connectivity index (χ0n) is 19.7. The SMILES string of the molecule is O=C(O)C(F)(F)F.O=C1c2c(cccc2-c2ccc3nn[nH]c3c2)CN1CCc1ccc2ccccc2n1. The minimum atomic E-state index is -5.08. The Labute approximate surface area is 213 Å². The molecule has 2 aromatic heterocycles. The Kier molecular flexibility index (Phi) is 6.50. The lowest BCUT2D eigenvalue weighted by molar-refractivity contribution is -0.192. The predicted octanol–water partition coefficient (Wildman–Crippen LogP) is 5.00. The number of aromatic nitrogens is 4. The highest BCUT2D eigenvalue weighted by Crippen LogP contribution is 2.33. The summed E-state index contributed by atoms with van der Waals surface area (Å²) in [7, 11) is 0. The smallest absolute Gasteiger partial charge is 0.475 e. The van der Waals surface area contributed by atoms with Crippen LogP contribution in [-0.2, 0) is 17.8 Å². The number of carbonyl (C=O) groups is 2. The highest BCUT2D eigenvalue weighted by Gasteiger charge is 2.38. The Balaban J connectivity index is 0.000000374. The molecule has 0 aliphatic carbocycles. The molecule has 1 aliphatic heterocycles. The van der Waals surface area contributed by atoms with Gasteiger partial charge in [0.15, 0.2) is 0 Å². The van der Waals surface area contributed by atoms with E-state index in [1.54, 1.807) is 0 Å². The molecule has 8 nitrogen and oxygen atoms in total. The van der Waals surface area contributed by atoms with Crippen LogP contribution in [0.2, 0.25) is 0 Å². The molecule has 192 valence electrons. The maximum Gasteiger partial charge on any atom is 0.490 e. The Morgan fingerprint density at radius 1 is 1.00 bits per heavy atom. The third-order valence-electron chi connectivity index (χ3n) is 6.19. The van der Waals surface area contributed by atoms with Crippen molar-refractivity contribution < 1.29 is 27.9 Å². The third kappa shape index (κ3) is 5.03. The minimum Gasteiger partial charge on any atom is -0.475 e. The van der Waals surface area contributed by atoms with Gasteiger partial charge in [-0.05, 0) is 41.0 Å². The number of alkyl halides is 3. The van der Waals surface area contributed by atoms with Crippen molar-refractivity contribution in [1.29, 1.82) is 0 Å². The minimum absolute atomic E-state index is 0.0780. The number of H-pyrrole nitrogens is 1. The Morgan fingerprint density at radius 3 is 2.58 bits per heavy atom. The van der Waals surface area contributed by atoms with Crippen LogP contribution in [0, 0.1) is 0 Å². The molecule has 1 amide bonds. The van der Waals surface area contributed by atoms with Crippen LogP contribution in [-0.4, -0.2) is 55.0 Å². The average Bonchev–Trinajstić information content (AvgIpc) is 3.51. The van der Waals surface area contributed by atoms with E-state index < -0.39 is 12.1 Å². The van der Waals surface area contributed by atoms with Crippen LogP contribution in [0.1, 0.15) is 21.6 Å². The van der Waals surface area contributed by atoms with Crippen molar-refractivity contribution in [1.82, 2.24) is 25.3 Å². The van der Waals surface area contributed by atoms with E-state index in [0.29, 0.717) is 13.1 Å². The van der Waals surface area contributed by atoms with Crippen LogP contribution in [0.25, 0.3) is 33.1 Å². The van der Waals surface area contributed by atoms with Gasteiger partial charge in [-0.3, -0.25) is 14.9 Å². The number of carboxylic acids is 1. The van der Waals surface area contributed by atoms with Crippen molar-refractivity contribution in [3.05, 3.63) is 89.6 Å². The Hall–Kier alpha value is -4.80. The molecule has 0 spiro atoms. The van der Waals surface area contributed by atoms with Crippen LogP contribution in [0.4, 0.5) is 13.2 Å². The number of aromatic amines is 1. The molecule has 11 heteroatoms. The van der Waals surface area contributed by atoms with E-state index in [1.165, 1.54) is 0 Å². The Morgan fingerprint density at radius 2 is 1.79 bits per heavy atom. The summed E-state index contributed by atoms with van der Waals surface area (Å²) in [5.41, 5.74) is 7.46. The van der Waals surface area contributed by atoms with Crippen LogP contribution in [0.15, 0.2) is 72.8 Å². The number of hydrogen-bond acceptors (Lipinski definition) is 5. The molecule has 0 atom stereocenters. The van der Waals surface area contributed by atoms with E-state index in [0.717, 1.165) is 56.3 Å². The first-order valence-corrected chi connectivity index (χ1v) is 11.6. The standard InChI is InChI=1S/C25H19N5O.C2HF3O2/c31-25-24-18(5-3-6-20(24)17-9-11-22-23(14-17)28-29-27-22)15-30(25)13-12-19-10-8-16-4-1-2-7-21(16)26-19;3-2(4,5)1(6)7/h1-11,14H,12-13,15H2,(H,27,28,29);(H,6,7). The summed E-state index contributed by atoms with van der Waals surface area (Å²) in [6.07, 6.45) is -4.36. The fraction of sp³-hybridized carbons (Fsp3) is 0.148. The fourth-order valence-corrected chi connectivity index (χ4v) is 4.35. The molecule has 3 heterocycles. The first-order valence-electron chi connectivity index (χ1n) is 11.6. The predicted molar refractivity (Wildman–Crippen MR) is 133 cm³/mol. The molecule has 0 radical (unpaired) electrons. The molecule has 38 heavy (non-hydrogen) atoms. The number of halogens is 3. The van der Waals surface area contributed by atoms with E-state index in [1.807, 2.05) is 59.5 Å². The van der Waals surface area contributed by atoms with Crippen molar-refractivity contribution in [2.24, 2.45) is 0 Å². The third-order valence-corrected chi connectivity index (χ3v) is 6.19. The van der Waals surface area contributed by atoms with Gasteiger partial charge in [-0.15, -0.1) is 5.10 Å². The van der Waals surface area contributed by atoms with Gasteiger partial charge in [0.1, 0.15) is 5.52 Å². The summed E-state index contributed by atoms with van der Waals surface area (Å²) < 4.78 is 31.7.